The van der Waals surface area contributed by atoms with Crippen LogP contribution in [0.3, 0.4) is 0 Å². The molecule has 6 nitrogen and oxygen atoms in total. The van der Waals surface area contributed by atoms with Crippen LogP contribution in [-0.4, -0.2) is 48.5 Å². The van der Waals surface area contributed by atoms with Gasteiger partial charge in [-0.1, -0.05) is 25.1 Å². The molecule has 4 heterocycles. The van der Waals surface area contributed by atoms with Gasteiger partial charge in [0.25, 0.3) is 0 Å². The van der Waals surface area contributed by atoms with Gasteiger partial charge in [0.05, 0.1) is 11.7 Å². The Morgan fingerprint density at radius 1 is 1.00 bits per heavy atom. The summed E-state index contributed by atoms with van der Waals surface area (Å²) in [6.45, 7) is 6.61. The van der Waals surface area contributed by atoms with E-state index in [-0.39, 0.29) is 11.8 Å². The number of ether oxygens (including phenoxy) is 3. The number of piperidine rings is 1. The van der Waals surface area contributed by atoms with Crippen LogP contribution in [-0.2, 0) is 0 Å². The first-order chi connectivity index (χ1) is 14.8. The molecule has 1 atom stereocenters. The number of hydrogen-bond donors (Lipinski definition) is 1. The fraction of sp³-hybridized carbons (Fsp3) is 0.417. The SMILES string of the molecule is CCN1CCC2(CC1)Oc1ccccc1[C@@H]1C=C(c3ccc4c(c3)OCCO4)NN12. The number of nitrogens with zero attached hydrogens (tertiary/aromatic N) is 2. The molecule has 156 valence electrons. The van der Waals surface area contributed by atoms with Crippen molar-refractivity contribution in [3.05, 3.63) is 59.7 Å². The van der Waals surface area contributed by atoms with Crippen molar-refractivity contribution in [3.8, 4) is 17.2 Å². The molecule has 4 aliphatic rings. The van der Waals surface area contributed by atoms with Crippen molar-refractivity contribution in [1.29, 1.82) is 0 Å². The molecule has 1 spiro atoms. The molecule has 0 radical (unpaired) electrons. The Morgan fingerprint density at radius 2 is 1.80 bits per heavy atom. The highest BCUT2D eigenvalue weighted by Gasteiger charge is 2.51. The average Bonchev–Trinajstić information content (AvgIpc) is 3.26. The topological polar surface area (TPSA) is 46.2 Å². The van der Waals surface area contributed by atoms with Crippen LogP contribution in [0.15, 0.2) is 48.5 Å². The zero-order chi connectivity index (χ0) is 20.1. The maximum Gasteiger partial charge on any atom is 0.182 e. The van der Waals surface area contributed by atoms with Crippen LogP contribution in [0, 0.1) is 0 Å². The second-order valence-electron chi connectivity index (χ2n) is 8.39. The maximum absolute atomic E-state index is 6.70. The monoisotopic (exact) mass is 405 g/mol. The number of hydrogen-bond acceptors (Lipinski definition) is 6. The lowest BCUT2D eigenvalue weighted by Crippen LogP contribution is -2.63. The molecular weight excluding hydrogens is 378 g/mol. The summed E-state index contributed by atoms with van der Waals surface area (Å²) in [7, 11) is 0. The lowest BCUT2D eigenvalue weighted by Gasteiger charge is -2.51. The minimum absolute atomic E-state index is 0.145. The molecule has 4 aliphatic heterocycles. The quantitative estimate of drug-likeness (QED) is 0.824. The van der Waals surface area contributed by atoms with E-state index in [9.17, 15) is 0 Å². The average molecular weight is 405 g/mol. The van der Waals surface area contributed by atoms with Crippen molar-refractivity contribution < 1.29 is 14.2 Å². The van der Waals surface area contributed by atoms with Gasteiger partial charge in [0, 0.05) is 37.1 Å². The first-order valence-corrected chi connectivity index (χ1v) is 10.9. The molecule has 0 saturated carbocycles. The smallest absolute Gasteiger partial charge is 0.182 e. The molecule has 1 saturated heterocycles. The van der Waals surface area contributed by atoms with Crippen molar-refractivity contribution in [2.45, 2.75) is 31.5 Å². The number of rotatable bonds is 2. The van der Waals surface area contributed by atoms with E-state index >= 15 is 0 Å². The predicted molar refractivity (Wildman–Crippen MR) is 114 cm³/mol. The molecule has 2 aromatic rings. The Kier molecular flexibility index (Phi) is 4.18. The molecule has 0 aromatic heterocycles. The van der Waals surface area contributed by atoms with E-state index in [0.717, 1.165) is 61.0 Å². The summed E-state index contributed by atoms with van der Waals surface area (Å²) in [5, 5.41) is 2.34. The molecule has 6 heteroatoms. The van der Waals surface area contributed by atoms with Crippen LogP contribution in [0.2, 0.25) is 0 Å². The number of nitrogens with one attached hydrogen (secondary N) is 1. The third kappa shape index (κ3) is 2.78. The van der Waals surface area contributed by atoms with E-state index in [1.165, 1.54) is 5.56 Å². The standard InChI is InChI=1S/C24H27N3O3/c1-2-26-11-9-24(10-12-26)27-20(18-5-3-4-6-21(18)30-24)16-19(25-27)17-7-8-22-23(15-17)29-14-13-28-22/h3-8,15-16,20,25H,2,9-14H2,1H3/t20-/m0/s1. The first kappa shape index (κ1) is 18.1. The van der Waals surface area contributed by atoms with Gasteiger partial charge in [-0.2, -0.15) is 5.01 Å². The Morgan fingerprint density at radius 3 is 2.63 bits per heavy atom. The number of fused-ring (bicyclic) bond motifs is 5. The molecule has 0 bridgehead atoms. The lowest BCUT2D eigenvalue weighted by atomic mass is 9.93. The first-order valence-electron chi connectivity index (χ1n) is 10.9. The van der Waals surface area contributed by atoms with Crippen LogP contribution >= 0.6 is 0 Å². The Bertz CT molecular complexity index is 997. The van der Waals surface area contributed by atoms with E-state index in [1.54, 1.807) is 0 Å². The summed E-state index contributed by atoms with van der Waals surface area (Å²) in [6.07, 6.45) is 4.27. The normalized spacial score (nSPS) is 24.4. The maximum atomic E-state index is 6.70. The highest BCUT2D eigenvalue weighted by Crippen LogP contribution is 2.48. The summed E-state index contributed by atoms with van der Waals surface area (Å²) < 4.78 is 18.2. The predicted octanol–water partition coefficient (Wildman–Crippen LogP) is 3.56. The van der Waals surface area contributed by atoms with Gasteiger partial charge in [-0.25, -0.2) is 0 Å². The van der Waals surface area contributed by atoms with E-state index in [0.29, 0.717) is 13.2 Å². The summed E-state index contributed by atoms with van der Waals surface area (Å²) in [6, 6.07) is 14.8. The highest BCUT2D eigenvalue weighted by molar-refractivity contribution is 5.70. The van der Waals surface area contributed by atoms with Gasteiger partial charge >= 0.3 is 0 Å². The fourth-order valence-corrected chi connectivity index (χ4v) is 5.06. The van der Waals surface area contributed by atoms with Gasteiger partial charge in [-0.3, -0.25) is 0 Å². The Labute approximate surface area is 177 Å². The molecular formula is C24H27N3O3. The summed E-state index contributed by atoms with van der Waals surface area (Å²) in [4.78, 5) is 2.50. The van der Waals surface area contributed by atoms with Crippen molar-refractivity contribution in [2.24, 2.45) is 0 Å². The molecule has 30 heavy (non-hydrogen) atoms. The van der Waals surface area contributed by atoms with Crippen LogP contribution in [0.25, 0.3) is 5.70 Å². The zero-order valence-corrected chi connectivity index (χ0v) is 17.3. The van der Waals surface area contributed by atoms with Gasteiger partial charge in [0.1, 0.15) is 19.0 Å². The molecule has 1 fully saturated rings. The number of benzene rings is 2. The minimum atomic E-state index is -0.337. The zero-order valence-electron chi connectivity index (χ0n) is 17.3. The van der Waals surface area contributed by atoms with Crippen LogP contribution in [0.5, 0.6) is 17.2 Å². The second-order valence-corrected chi connectivity index (χ2v) is 8.39. The van der Waals surface area contributed by atoms with Crippen LogP contribution in [0.1, 0.15) is 36.9 Å². The third-order valence-electron chi connectivity index (χ3n) is 6.76. The third-order valence-corrected chi connectivity index (χ3v) is 6.76. The molecule has 0 unspecified atom stereocenters. The minimum Gasteiger partial charge on any atom is -0.486 e. The highest BCUT2D eigenvalue weighted by atomic mass is 16.6. The number of para-hydroxylation sites is 1. The van der Waals surface area contributed by atoms with Gasteiger partial charge in [0.15, 0.2) is 17.2 Å². The van der Waals surface area contributed by atoms with Gasteiger partial charge in [-0.05, 0) is 36.9 Å². The molecule has 0 amide bonds. The Balaban J connectivity index is 1.37. The van der Waals surface area contributed by atoms with E-state index in [1.807, 2.05) is 6.07 Å². The fourth-order valence-electron chi connectivity index (χ4n) is 5.06. The molecule has 6 rings (SSSR count). The van der Waals surface area contributed by atoms with Crippen molar-refractivity contribution in [1.82, 2.24) is 15.3 Å². The van der Waals surface area contributed by atoms with Crippen molar-refractivity contribution in [3.63, 3.8) is 0 Å². The number of likely N-dealkylation sites (tertiary alicyclic amines) is 1. The van der Waals surface area contributed by atoms with E-state index < -0.39 is 0 Å². The van der Waals surface area contributed by atoms with Gasteiger partial charge in [-0.15, -0.1) is 0 Å². The largest absolute Gasteiger partial charge is 0.486 e. The van der Waals surface area contributed by atoms with Crippen LogP contribution < -0.4 is 19.6 Å². The molecule has 0 aliphatic carbocycles. The summed E-state index contributed by atoms with van der Waals surface area (Å²) in [5.74, 6) is 2.64. The van der Waals surface area contributed by atoms with E-state index in [4.69, 9.17) is 14.2 Å². The number of hydrazine groups is 1. The van der Waals surface area contributed by atoms with E-state index in [2.05, 4.69) is 64.7 Å². The van der Waals surface area contributed by atoms with Gasteiger partial charge < -0.3 is 24.5 Å². The van der Waals surface area contributed by atoms with Crippen LogP contribution in [0.4, 0.5) is 0 Å². The van der Waals surface area contributed by atoms with Gasteiger partial charge in [0.2, 0.25) is 0 Å². The summed E-state index contributed by atoms with van der Waals surface area (Å²) in [5.41, 5.74) is 6.77. The lowest BCUT2D eigenvalue weighted by molar-refractivity contribution is -0.159. The summed E-state index contributed by atoms with van der Waals surface area (Å²) >= 11 is 0. The second kappa shape index (κ2) is 6.93. The van der Waals surface area contributed by atoms with Crippen molar-refractivity contribution in [2.75, 3.05) is 32.8 Å². The Hall–Kier alpha value is -2.70. The van der Waals surface area contributed by atoms with Crippen molar-refractivity contribution >= 4 is 5.70 Å². The molecule has 2 aromatic carbocycles. The molecule has 1 N–H and O–H groups in total.